The molecule has 1 heteroatoms. The van der Waals surface area contributed by atoms with E-state index < -0.39 is 0 Å². The van der Waals surface area contributed by atoms with E-state index in [0.29, 0.717) is 22.5 Å². The Hall–Kier alpha value is -1.03. The van der Waals surface area contributed by atoms with E-state index in [1.54, 1.807) is 0 Å². The summed E-state index contributed by atoms with van der Waals surface area (Å²) in [5.74, 6) is 6.42. The van der Waals surface area contributed by atoms with Gasteiger partial charge in [0.15, 0.2) is 5.78 Å². The van der Waals surface area contributed by atoms with Crippen LogP contribution in [0.5, 0.6) is 0 Å². The Morgan fingerprint density at radius 1 is 1.09 bits per heavy atom. The first-order valence-corrected chi connectivity index (χ1v) is 9.19. The molecular weight excluding hydrogens is 268 g/mol. The Balaban J connectivity index is 1.68. The lowest BCUT2D eigenvalue weighted by Crippen LogP contribution is -2.50. The first kappa shape index (κ1) is 14.6. The molecule has 0 amide bonds. The number of fused-ring (bicyclic) bond motifs is 5. The SMILES string of the molecule is C#CC1CC[C@@H]2C3CCC4=CC(=O)CC[C@]4(C)[C@@H]3CC[C@]12C. The molecule has 0 aromatic heterocycles. The van der Waals surface area contributed by atoms with Crippen molar-refractivity contribution in [2.24, 2.45) is 34.5 Å². The van der Waals surface area contributed by atoms with Crippen LogP contribution in [0.2, 0.25) is 0 Å². The number of hydrogen-bond acceptors (Lipinski definition) is 1. The van der Waals surface area contributed by atoms with Crippen LogP contribution >= 0.6 is 0 Å². The molecule has 0 N–H and O–H groups in total. The summed E-state index contributed by atoms with van der Waals surface area (Å²) < 4.78 is 0. The fourth-order valence-corrected chi connectivity index (χ4v) is 6.83. The van der Waals surface area contributed by atoms with E-state index in [2.05, 4.69) is 19.8 Å². The van der Waals surface area contributed by atoms with Gasteiger partial charge in [-0.3, -0.25) is 4.79 Å². The van der Waals surface area contributed by atoms with E-state index in [0.717, 1.165) is 37.0 Å². The summed E-state index contributed by atoms with van der Waals surface area (Å²) in [6.45, 7) is 4.93. The highest BCUT2D eigenvalue weighted by atomic mass is 16.1. The molecule has 0 aliphatic heterocycles. The minimum Gasteiger partial charge on any atom is -0.295 e. The van der Waals surface area contributed by atoms with Crippen LogP contribution in [0.3, 0.4) is 0 Å². The zero-order valence-corrected chi connectivity index (χ0v) is 14.0. The van der Waals surface area contributed by atoms with Gasteiger partial charge in [0, 0.05) is 12.3 Å². The standard InChI is InChI=1S/C21H28O/c1-4-14-6-8-18-17-7-5-15-13-16(22)9-11-21(15,3)19(17)10-12-20(14,18)2/h1,13-14,17-19H,5-12H2,2-3H3/t14?,17?,18-,19-,20-,21+/m1/s1. The van der Waals surface area contributed by atoms with Gasteiger partial charge >= 0.3 is 0 Å². The second kappa shape index (κ2) is 4.73. The third kappa shape index (κ3) is 1.76. The maximum absolute atomic E-state index is 11.8. The molecular formula is C21H28O. The molecule has 3 fully saturated rings. The van der Waals surface area contributed by atoms with Crippen molar-refractivity contribution in [2.75, 3.05) is 0 Å². The molecule has 0 aromatic carbocycles. The van der Waals surface area contributed by atoms with Crippen LogP contribution in [0.25, 0.3) is 0 Å². The van der Waals surface area contributed by atoms with Crippen LogP contribution in [-0.2, 0) is 4.79 Å². The molecule has 4 aliphatic carbocycles. The van der Waals surface area contributed by atoms with Crippen LogP contribution < -0.4 is 0 Å². The molecule has 3 saturated carbocycles. The lowest BCUT2D eigenvalue weighted by atomic mass is 9.47. The Morgan fingerprint density at radius 2 is 1.91 bits per heavy atom. The van der Waals surface area contributed by atoms with Gasteiger partial charge in [0.05, 0.1) is 0 Å². The highest BCUT2D eigenvalue weighted by molar-refractivity contribution is 5.91. The maximum Gasteiger partial charge on any atom is 0.155 e. The second-order valence-electron chi connectivity index (χ2n) is 8.81. The van der Waals surface area contributed by atoms with Gasteiger partial charge in [-0.2, -0.15) is 0 Å². The summed E-state index contributed by atoms with van der Waals surface area (Å²) in [4.78, 5) is 11.8. The summed E-state index contributed by atoms with van der Waals surface area (Å²) >= 11 is 0. The van der Waals surface area contributed by atoms with E-state index in [4.69, 9.17) is 6.42 Å². The predicted molar refractivity (Wildman–Crippen MR) is 89.0 cm³/mol. The Labute approximate surface area is 134 Å². The molecule has 2 unspecified atom stereocenters. The summed E-state index contributed by atoms with van der Waals surface area (Å²) in [6, 6.07) is 0. The smallest absolute Gasteiger partial charge is 0.155 e. The molecule has 0 saturated heterocycles. The van der Waals surface area contributed by atoms with Gasteiger partial charge in [0.1, 0.15) is 0 Å². The molecule has 4 aliphatic rings. The minimum absolute atomic E-state index is 0.298. The Morgan fingerprint density at radius 3 is 2.68 bits per heavy atom. The van der Waals surface area contributed by atoms with Crippen molar-refractivity contribution < 1.29 is 4.79 Å². The summed E-state index contributed by atoms with van der Waals surface area (Å²) in [5.41, 5.74) is 2.16. The summed E-state index contributed by atoms with van der Waals surface area (Å²) in [5, 5.41) is 0. The lowest BCUT2D eigenvalue weighted by molar-refractivity contribution is -0.117. The Bertz CT molecular complexity index is 579. The maximum atomic E-state index is 11.8. The van der Waals surface area contributed by atoms with Crippen molar-refractivity contribution in [1.82, 2.24) is 0 Å². The van der Waals surface area contributed by atoms with Crippen LogP contribution in [-0.4, -0.2) is 5.78 Å². The topological polar surface area (TPSA) is 17.1 Å². The highest BCUT2D eigenvalue weighted by Gasteiger charge is 2.58. The molecule has 4 rings (SSSR count). The van der Waals surface area contributed by atoms with E-state index in [-0.39, 0.29) is 0 Å². The summed E-state index contributed by atoms with van der Waals surface area (Å²) in [6.07, 6.45) is 17.3. The van der Waals surface area contributed by atoms with E-state index in [1.165, 1.54) is 37.7 Å². The number of rotatable bonds is 0. The van der Waals surface area contributed by atoms with Crippen molar-refractivity contribution in [3.63, 3.8) is 0 Å². The molecule has 6 atom stereocenters. The molecule has 0 aromatic rings. The van der Waals surface area contributed by atoms with Gasteiger partial charge in [0.25, 0.3) is 0 Å². The average Bonchev–Trinajstić information content (AvgIpc) is 2.84. The third-order valence-electron chi connectivity index (χ3n) is 8.16. The van der Waals surface area contributed by atoms with Crippen LogP contribution in [0.1, 0.15) is 65.2 Å². The van der Waals surface area contributed by atoms with Crippen LogP contribution in [0.4, 0.5) is 0 Å². The minimum atomic E-state index is 0.298. The van der Waals surface area contributed by atoms with Gasteiger partial charge in [0.2, 0.25) is 0 Å². The number of hydrogen-bond donors (Lipinski definition) is 0. The van der Waals surface area contributed by atoms with Crippen molar-refractivity contribution in [3.05, 3.63) is 11.6 Å². The van der Waals surface area contributed by atoms with Gasteiger partial charge in [-0.1, -0.05) is 19.4 Å². The highest BCUT2D eigenvalue weighted by Crippen LogP contribution is 2.66. The number of allylic oxidation sites excluding steroid dienone is 1. The monoisotopic (exact) mass is 296 g/mol. The number of carbonyl (C=O) groups excluding carboxylic acids is 1. The number of terminal acetylenes is 1. The zero-order chi connectivity index (χ0) is 15.5. The van der Waals surface area contributed by atoms with Crippen LogP contribution in [0.15, 0.2) is 11.6 Å². The molecule has 1 nitrogen and oxygen atoms in total. The van der Waals surface area contributed by atoms with Gasteiger partial charge in [-0.05, 0) is 79.6 Å². The second-order valence-corrected chi connectivity index (χ2v) is 8.81. The van der Waals surface area contributed by atoms with Crippen molar-refractivity contribution in [3.8, 4) is 12.3 Å². The predicted octanol–water partition coefficient (Wildman–Crippen LogP) is 4.77. The van der Waals surface area contributed by atoms with Crippen molar-refractivity contribution >= 4 is 5.78 Å². The van der Waals surface area contributed by atoms with Crippen LogP contribution in [0, 0.1) is 46.8 Å². The molecule has 0 bridgehead atoms. The Kier molecular flexibility index (Phi) is 3.13. The quantitative estimate of drug-likeness (QED) is 0.589. The molecule has 22 heavy (non-hydrogen) atoms. The molecule has 118 valence electrons. The van der Waals surface area contributed by atoms with E-state index in [9.17, 15) is 4.79 Å². The van der Waals surface area contributed by atoms with E-state index in [1.807, 2.05) is 6.08 Å². The first-order valence-electron chi connectivity index (χ1n) is 9.19. The normalized spacial score (nSPS) is 50.4. The molecule has 0 spiro atoms. The first-order chi connectivity index (χ1) is 10.5. The molecule has 0 heterocycles. The van der Waals surface area contributed by atoms with E-state index >= 15 is 0 Å². The van der Waals surface area contributed by atoms with Gasteiger partial charge < -0.3 is 0 Å². The van der Waals surface area contributed by atoms with Gasteiger partial charge in [-0.25, -0.2) is 0 Å². The largest absolute Gasteiger partial charge is 0.295 e. The van der Waals surface area contributed by atoms with Crippen molar-refractivity contribution in [2.45, 2.75) is 65.2 Å². The summed E-state index contributed by atoms with van der Waals surface area (Å²) in [7, 11) is 0. The zero-order valence-electron chi connectivity index (χ0n) is 14.0. The van der Waals surface area contributed by atoms with Gasteiger partial charge in [-0.15, -0.1) is 12.3 Å². The third-order valence-corrected chi connectivity index (χ3v) is 8.16. The lowest BCUT2D eigenvalue weighted by Gasteiger charge is -2.57. The van der Waals surface area contributed by atoms with Crippen molar-refractivity contribution in [1.29, 1.82) is 0 Å². The fraction of sp³-hybridized carbons (Fsp3) is 0.762. The molecule has 0 radical (unpaired) electrons. The number of carbonyl (C=O) groups is 1. The average molecular weight is 296 g/mol. The number of ketones is 1. The fourth-order valence-electron chi connectivity index (χ4n) is 6.83.